The molecule has 0 bridgehead atoms. The van der Waals surface area contributed by atoms with Gasteiger partial charge in [-0.15, -0.1) is 0 Å². The first-order valence-corrected chi connectivity index (χ1v) is 10.3. The second kappa shape index (κ2) is 8.05. The van der Waals surface area contributed by atoms with E-state index in [2.05, 4.69) is 0 Å². The van der Waals surface area contributed by atoms with E-state index in [1.807, 2.05) is 6.92 Å². The lowest BCUT2D eigenvalue weighted by molar-refractivity contribution is -0.385. The lowest BCUT2D eigenvalue weighted by atomic mass is 9.73. The van der Waals surface area contributed by atoms with Crippen molar-refractivity contribution in [3.05, 3.63) is 62.7 Å². The van der Waals surface area contributed by atoms with Gasteiger partial charge in [0.1, 0.15) is 22.9 Å². The number of hydrogen-bond acceptors (Lipinski definition) is 6. The van der Waals surface area contributed by atoms with Gasteiger partial charge in [0.15, 0.2) is 11.6 Å². The number of carbonyl (C=O) groups is 2. The molecule has 0 aliphatic carbocycles. The summed E-state index contributed by atoms with van der Waals surface area (Å²) in [6.45, 7) is 8.53. The van der Waals surface area contributed by atoms with Gasteiger partial charge in [-0.1, -0.05) is 24.6 Å². The van der Waals surface area contributed by atoms with Gasteiger partial charge in [-0.05, 0) is 69.5 Å². The van der Waals surface area contributed by atoms with Gasteiger partial charge in [-0.3, -0.25) is 19.7 Å². The zero-order chi connectivity index (χ0) is 23.1. The van der Waals surface area contributed by atoms with Crippen LogP contribution >= 0.6 is 11.6 Å². The van der Waals surface area contributed by atoms with Gasteiger partial charge < -0.3 is 9.47 Å². The summed E-state index contributed by atoms with van der Waals surface area (Å²) in [5.41, 5.74) is -1.22. The van der Waals surface area contributed by atoms with Crippen molar-refractivity contribution in [1.29, 1.82) is 0 Å². The molecule has 1 aliphatic rings. The molecule has 1 aliphatic heterocycles. The monoisotopic (exact) mass is 445 g/mol. The second-order valence-corrected chi connectivity index (χ2v) is 8.91. The summed E-state index contributed by atoms with van der Waals surface area (Å²) in [5, 5.41) is 11.6. The fraction of sp³-hybridized carbons (Fsp3) is 0.391. The highest BCUT2D eigenvalue weighted by atomic mass is 35.5. The third-order valence-electron chi connectivity index (χ3n) is 5.38. The second-order valence-electron chi connectivity index (χ2n) is 8.47. The van der Waals surface area contributed by atoms with E-state index in [1.54, 1.807) is 45.9 Å². The van der Waals surface area contributed by atoms with Gasteiger partial charge in [0.05, 0.1) is 4.92 Å². The highest BCUT2D eigenvalue weighted by Gasteiger charge is 2.53. The number of Topliss-reactive ketones (excluding diaryl/α,β-unsaturated/α-hetero) is 2. The van der Waals surface area contributed by atoms with Crippen molar-refractivity contribution in [3.63, 3.8) is 0 Å². The van der Waals surface area contributed by atoms with E-state index in [9.17, 15) is 19.7 Å². The van der Waals surface area contributed by atoms with Gasteiger partial charge in [0.2, 0.25) is 5.75 Å². The van der Waals surface area contributed by atoms with Crippen molar-refractivity contribution in [2.75, 3.05) is 0 Å². The molecular formula is C23H24ClNO6. The van der Waals surface area contributed by atoms with Crippen LogP contribution in [0.4, 0.5) is 5.69 Å². The third-order valence-corrected chi connectivity index (χ3v) is 5.61. The van der Waals surface area contributed by atoms with E-state index < -0.39 is 22.0 Å². The van der Waals surface area contributed by atoms with Gasteiger partial charge in [0, 0.05) is 11.1 Å². The molecule has 0 N–H and O–H groups in total. The summed E-state index contributed by atoms with van der Waals surface area (Å²) in [4.78, 5) is 37.1. The Balaban J connectivity index is 2.09. The first-order valence-electron chi connectivity index (χ1n) is 9.91. The molecule has 2 aromatic carbocycles. The Hall–Kier alpha value is -2.77. The van der Waals surface area contributed by atoms with Crippen molar-refractivity contribution in [2.45, 2.75) is 58.2 Å². The van der Waals surface area contributed by atoms with E-state index in [1.165, 1.54) is 18.2 Å². The van der Waals surface area contributed by atoms with Crippen LogP contribution in [0.5, 0.6) is 11.5 Å². The Bertz CT molecular complexity index is 1050. The SMILES string of the molecule is CCc1ccc(Oc2ccc(Cl)cc2[N+](=O)[O-])cc1C1C(=O)C(C)(C)OC(C)(C)C1=O. The third kappa shape index (κ3) is 4.34. The molecule has 0 spiro atoms. The number of ketones is 2. The molecule has 7 nitrogen and oxygen atoms in total. The first-order chi connectivity index (χ1) is 14.4. The van der Waals surface area contributed by atoms with Gasteiger partial charge in [-0.2, -0.15) is 0 Å². The molecule has 0 amide bonds. The van der Waals surface area contributed by atoms with E-state index in [4.69, 9.17) is 21.1 Å². The molecule has 0 aromatic heterocycles. The van der Waals surface area contributed by atoms with Crippen LogP contribution in [0.2, 0.25) is 5.02 Å². The minimum atomic E-state index is -1.14. The zero-order valence-corrected chi connectivity index (χ0v) is 18.8. The predicted molar refractivity (Wildman–Crippen MR) is 116 cm³/mol. The Labute approximate surface area is 185 Å². The molecule has 1 fully saturated rings. The Morgan fingerprint density at radius 1 is 1.06 bits per heavy atom. The van der Waals surface area contributed by atoms with E-state index >= 15 is 0 Å². The van der Waals surface area contributed by atoms with Crippen LogP contribution in [0.1, 0.15) is 51.7 Å². The molecule has 8 heteroatoms. The summed E-state index contributed by atoms with van der Waals surface area (Å²) < 4.78 is 11.5. The molecular weight excluding hydrogens is 422 g/mol. The Kier molecular flexibility index (Phi) is 5.95. The number of ether oxygens (including phenoxy) is 2. The minimum absolute atomic E-state index is 0.00916. The van der Waals surface area contributed by atoms with Crippen LogP contribution in [-0.2, 0) is 20.7 Å². The number of nitro groups is 1. The molecule has 0 saturated carbocycles. The highest BCUT2D eigenvalue weighted by molar-refractivity contribution is 6.30. The fourth-order valence-corrected chi connectivity index (χ4v) is 4.08. The number of nitrogens with zero attached hydrogens (tertiary/aromatic N) is 1. The van der Waals surface area contributed by atoms with E-state index in [0.29, 0.717) is 12.0 Å². The Morgan fingerprint density at radius 3 is 2.23 bits per heavy atom. The molecule has 1 saturated heterocycles. The number of nitro benzene ring substituents is 1. The number of hydrogen-bond donors (Lipinski definition) is 0. The standard InChI is InChI=1S/C23H24ClNO6/c1-6-13-7-9-15(30-18-10-8-14(24)11-17(18)25(28)29)12-16(13)19-20(26)22(2,3)31-23(4,5)21(19)27/h7-12,19H,6H2,1-5H3. The maximum Gasteiger partial charge on any atom is 0.313 e. The molecule has 164 valence electrons. The highest BCUT2D eigenvalue weighted by Crippen LogP contribution is 2.41. The van der Waals surface area contributed by atoms with Crippen LogP contribution in [0, 0.1) is 10.1 Å². The average molecular weight is 446 g/mol. The number of rotatable bonds is 5. The quantitative estimate of drug-likeness (QED) is 0.346. The first kappa shape index (κ1) is 22.9. The van der Waals surface area contributed by atoms with Gasteiger partial charge >= 0.3 is 5.69 Å². The van der Waals surface area contributed by atoms with Crippen LogP contribution < -0.4 is 4.74 Å². The number of carbonyl (C=O) groups excluding carboxylic acids is 2. The van der Waals surface area contributed by atoms with Crippen molar-refractivity contribution in [2.24, 2.45) is 0 Å². The topological polar surface area (TPSA) is 95.7 Å². The largest absolute Gasteiger partial charge is 0.450 e. The van der Waals surface area contributed by atoms with Crippen molar-refractivity contribution in [1.82, 2.24) is 0 Å². The van der Waals surface area contributed by atoms with Gasteiger partial charge in [0.25, 0.3) is 0 Å². The normalized spacial score (nSPS) is 18.1. The number of benzene rings is 2. The van der Waals surface area contributed by atoms with Crippen molar-refractivity contribution in [3.8, 4) is 11.5 Å². The molecule has 0 unspecified atom stereocenters. The summed E-state index contributed by atoms with van der Waals surface area (Å²) in [5.74, 6) is -1.39. The van der Waals surface area contributed by atoms with Crippen LogP contribution in [-0.4, -0.2) is 27.7 Å². The summed E-state index contributed by atoms with van der Waals surface area (Å²) >= 11 is 5.87. The molecule has 0 atom stereocenters. The van der Waals surface area contributed by atoms with Gasteiger partial charge in [-0.25, -0.2) is 0 Å². The zero-order valence-electron chi connectivity index (χ0n) is 18.0. The van der Waals surface area contributed by atoms with Crippen LogP contribution in [0.3, 0.4) is 0 Å². The number of aryl methyl sites for hydroxylation is 1. The summed E-state index contributed by atoms with van der Waals surface area (Å²) in [7, 11) is 0. The lowest BCUT2D eigenvalue weighted by Gasteiger charge is -2.43. The average Bonchev–Trinajstić information content (AvgIpc) is 2.67. The van der Waals surface area contributed by atoms with E-state index in [0.717, 1.165) is 5.56 Å². The molecule has 2 aromatic rings. The molecule has 0 radical (unpaired) electrons. The van der Waals surface area contributed by atoms with E-state index in [-0.39, 0.29) is 33.8 Å². The smallest absolute Gasteiger partial charge is 0.313 e. The fourth-order valence-electron chi connectivity index (χ4n) is 3.91. The molecule has 3 rings (SSSR count). The van der Waals surface area contributed by atoms with Crippen molar-refractivity contribution < 1.29 is 24.0 Å². The summed E-state index contributed by atoms with van der Waals surface area (Å²) in [6.07, 6.45) is 0.593. The molecule has 1 heterocycles. The predicted octanol–water partition coefficient (Wildman–Crippen LogP) is 5.41. The van der Waals surface area contributed by atoms with Crippen LogP contribution in [0.15, 0.2) is 36.4 Å². The van der Waals surface area contributed by atoms with Crippen LogP contribution in [0.25, 0.3) is 0 Å². The summed E-state index contributed by atoms with van der Waals surface area (Å²) in [6, 6.07) is 9.13. The maximum atomic E-state index is 13.2. The number of halogens is 1. The lowest BCUT2D eigenvalue weighted by Crippen LogP contribution is -2.58. The Morgan fingerprint density at radius 2 is 1.68 bits per heavy atom. The minimum Gasteiger partial charge on any atom is -0.450 e. The maximum absolute atomic E-state index is 13.2. The molecule has 31 heavy (non-hydrogen) atoms. The van der Waals surface area contributed by atoms with Crippen molar-refractivity contribution >= 4 is 28.9 Å².